The maximum Gasteiger partial charge on any atom is 0.239 e. The normalized spacial score (nSPS) is 10.1. The number of benzene rings is 1. The van der Waals surface area contributed by atoms with Gasteiger partial charge in [-0.3, -0.25) is 9.59 Å². The van der Waals surface area contributed by atoms with Crippen molar-refractivity contribution in [3.63, 3.8) is 0 Å². The lowest BCUT2D eigenvalue weighted by atomic mass is 10.1. The molecule has 5 nitrogen and oxygen atoms in total. The topological polar surface area (TPSA) is 84.2 Å². The molecular weight excluding hydrogens is 289 g/mol. The summed E-state index contributed by atoms with van der Waals surface area (Å²) in [5.41, 5.74) is 5.99. The molecule has 0 saturated carbocycles. The van der Waals surface area contributed by atoms with Crippen LogP contribution in [0, 0.1) is 0 Å². The number of carbonyl (C=O) groups excluding carboxylic acids is 2. The number of carbonyl (C=O) groups is 2. The zero-order valence-electron chi connectivity index (χ0n) is 10.2. The number of hydrogen-bond donors (Lipinski definition) is 3. The smallest absolute Gasteiger partial charge is 0.239 e. The summed E-state index contributed by atoms with van der Waals surface area (Å²) in [5.74, 6) is -0.636. The maximum absolute atomic E-state index is 11.4. The van der Waals surface area contributed by atoms with Crippen molar-refractivity contribution in [1.82, 2.24) is 10.6 Å². The van der Waals surface area contributed by atoms with Gasteiger partial charge in [-0.25, -0.2) is 0 Å². The molecule has 0 fully saturated rings. The van der Waals surface area contributed by atoms with E-state index in [0.717, 1.165) is 5.56 Å². The fourth-order valence-electron chi connectivity index (χ4n) is 1.37. The third-order valence-electron chi connectivity index (χ3n) is 2.36. The Labute approximate surface area is 121 Å². The molecule has 4 N–H and O–H groups in total. The summed E-state index contributed by atoms with van der Waals surface area (Å²) in [6, 6.07) is 5.21. The van der Waals surface area contributed by atoms with Crippen molar-refractivity contribution in [2.24, 2.45) is 5.73 Å². The predicted molar refractivity (Wildman–Crippen MR) is 75.2 cm³/mol. The molecule has 0 aliphatic rings. The molecule has 0 bridgehead atoms. The van der Waals surface area contributed by atoms with Gasteiger partial charge in [-0.05, 0) is 24.1 Å². The van der Waals surface area contributed by atoms with Gasteiger partial charge >= 0.3 is 0 Å². The summed E-state index contributed by atoms with van der Waals surface area (Å²) >= 11 is 11.8. The molecule has 1 aromatic carbocycles. The Morgan fingerprint density at radius 3 is 2.53 bits per heavy atom. The van der Waals surface area contributed by atoms with E-state index in [1.165, 1.54) is 0 Å². The molecule has 2 amide bonds. The van der Waals surface area contributed by atoms with Crippen LogP contribution in [0.25, 0.3) is 0 Å². The molecule has 1 rings (SSSR count). The number of hydrogen-bond acceptors (Lipinski definition) is 3. The van der Waals surface area contributed by atoms with Crippen molar-refractivity contribution in [3.8, 4) is 0 Å². The second-order valence-corrected chi connectivity index (χ2v) is 4.66. The molecule has 0 aromatic heterocycles. The quantitative estimate of drug-likeness (QED) is 0.724. The van der Waals surface area contributed by atoms with E-state index in [1.807, 2.05) is 6.07 Å². The van der Waals surface area contributed by atoms with Gasteiger partial charge in [-0.1, -0.05) is 29.3 Å². The lowest BCUT2D eigenvalue weighted by Crippen LogP contribution is -2.40. The Balaban J connectivity index is 2.30. The summed E-state index contributed by atoms with van der Waals surface area (Å²) in [7, 11) is 0. The van der Waals surface area contributed by atoms with Gasteiger partial charge in [-0.2, -0.15) is 0 Å². The lowest BCUT2D eigenvalue weighted by Gasteiger charge is -2.07. The molecule has 0 heterocycles. The second-order valence-electron chi connectivity index (χ2n) is 3.82. The van der Waals surface area contributed by atoms with Gasteiger partial charge in [0.05, 0.1) is 13.1 Å². The fraction of sp³-hybridized carbons (Fsp3) is 0.333. The van der Waals surface area contributed by atoms with E-state index < -0.39 is 0 Å². The molecule has 19 heavy (non-hydrogen) atoms. The standard InChI is InChI=1S/C12H15Cl2N3O2/c13-9-2-1-8(10(14)5-9)3-4-16-12(19)7-17-11(18)6-15/h1-2,5H,3-4,6-7,15H2,(H,16,19)(H,17,18). The van der Waals surface area contributed by atoms with Crippen LogP contribution < -0.4 is 16.4 Å². The molecule has 0 saturated heterocycles. The number of nitrogens with one attached hydrogen (secondary N) is 2. The molecule has 0 aliphatic heterocycles. The van der Waals surface area contributed by atoms with Crippen molar-refractivity contribution >= 4 is 35.0 Å². The largest absolute Gasteiger partial charge is 0.354 e. The van der Waals surface area contributed by atoms with Crippen molar-refractivity contribution in [2.45, 2.75) is 6.42 Å². The molecule has 0 radical (unpaired) electrons. The number of amides is 2. The third kappa shape index (κ3) is 5.92. The minimum Gasteiger partial charge on any atom is -0.354 e. The van der Waals surface area contributed by atoms with Crippen molar-refractivity contribution < 1.29 is 9.59 Å². The van der Waals surface area contributed by atoms with E-state index in [9.17, 15) is 9.59 Å². The Kier molecular flexibility index (Phi) is 6.62. The van der Waals surface area contributed by atoms with Crippen molar-refractivity contribution in [3.05, 3.63) is 33.8 Å². The first-order valence-corrected chi connectivity index (χ1v) is 6.46. The molecule has 7 heteroatoms. The number of halogens is 2. The van der Waals surface area contributed by atoms with Gasteiger partial charge in [0.25, 0.3) is 0 Å². The zero-order chi connectivity index (χ0) is 14.3. The SMILES string of the molecule is NCC(=O)NCC(=O)NCCc1ccc(Cl)cc1Cl. The maximum atomic E-state index is 11.4. The molecule has 0 aliphatic carbocycles. The van der Waals surface area contributed by atoms with Gasteiger partial charge in [0, 0.05) is 16.6 Å². The summed E-state index contributed by atoms with van der Waals surface area (Å²) in [4.78, 5) is 22.2. The first-order valence-electron chi connectivity index (χ1n) is 5.70. The summed E-state index contributed by atoms with van der Waals surface area (Å²) < 4.78 is 0. The summed E-state index contributed by atoms with van der Waals surface area (Å²) in [6.45, 7) is 0.219. The minimum atomic E-state index is -0.365. The first-order chi connectivity index (χ1) is 9.02. The van der Waals surface area contributed by atoms with E-state index in [1.54, 1.807) is 12.1 Å². The minimum absolute atomic E-state index is 0.0790. The van der Waals surface area contributed by atoms with E-state index in [2.05, 4.69) is 10.6 Å². The second kappa shape index (κ2) is 7.99. The predicted octanol–water partition coefficient (Wildman–Crippen LogP) is 0.727. The van der Waals surface area contributed by atoms with Crippen LogP contribution in [-0.4, -0.2) is 31.4 Å². The van der Waals surface area contributed by atoms with Crippen LogP contribution in [0.15, 0.2) is 18.2 Å². The van der Waals surface area contributed by atoms with E-state index >= 15 is 0 Å². The average molecular weight is 304 g/mol. The van der Waals surface area contributed by atoms with E-state index in [-0.39, 0.29) is 24.9 Å². The zero-order valence-corrected chi connectivity index (χ0v) is 11.7. The van der Waals surface area contributed by atoms with Gasteiger partial charge in [0.15, 0.2) is 0 Å². The van der Waals surface area contributed by atoms with Gasteiger partial charge in [0.2, 0.25) is 11.8 Å². The van der Waals surface area contributed by atoms with Crippen LogP contribution >= 0.6 is 23.2 Å². The molecule has 0 spiro atoms. The summed E-state index contributed by atoms with van der Waals surface area (Å²) in [6.07, 6.45) is 0.590. The number of rotatable bonds is 6. The Morgan fingerprint density at radius 2 is 1.89 bits per heavy atom. The van der Waals surface area contributed by atoms with E-state index in [4.69, 9.17) is 28.9 Å². The van der Waals surface area contributed by atoms with Crippen LogP contribution in [-0.2, 0) is 16.0 Å². The number of nitrogens with two attached hydrogens (primary N) is 1. The monoisotopic (exact) mass is 303 g/mol. The van der Waals surface area contributed by atoms with Crippen LogP contribution in [0.1, 0.15) is 5.56 Å². The molecule has 1 aromatic rings. The molecular formula is C12H15Cl2N3O2. The van der Waals surface area contributed by atoms with Gasteiger partial charge in [-0.15, -0.1) is 0 Å². The highest BCUT2D eigenvalue weighted by Crippen LogP contribution is 2.20. The average Bonchev–Trinajstić information content (AvgIpc) is 2.38. The van der Waals surface area contributed by atoms with Crippen LogP contribution in [0.4, 0.5) is 0 Å². The highest BCUT2D eigenvalue weighted by atomic mass is 35.5. The highest BCUT2D eigenvalue weighted by Gasteiger charge is 2.05. The Hall–Kier alpha value is -1.30. The molecule has 104 valence electrons. The van der Waals surface area contributed by atoms with Crippen LogP contribution in [0.3, 0.4) is 0 Å². The van der Waals surface area contributed by atoms with Crippen LogP contribution in [0.5, 0.6) is 0 Å². The molecule has 0 unspecified atom stereocenters. The summed E-state index contributed by atoms with van der Waals surface area (Å²) in [5, 5.41) is 6.19. The lowest BCUT2D eigenvalue weighted by molar-refractivity contribution is -0.125. The third-order valence-corrected chi connectivity index (χ3v) is 2.95. The molecule has 0 atom stereocenters. The highest BCUT2D eigenvalue weighted by molar-refractivity contribution is 6.35. The first kappa shape index (κ1) is 15.8. The van der Waals surface area contributed by atoms with E-state index in [0.29, 0.717) is 23.0 Å². The fourth-order valence-corrected chi connectivity index (χ4v) is 1.88. The van der Waals surface area contributed by atoms with Gasteiger partial charge in [0.1, 0.15) is 0 Å². The van der Waals surface area contributed by atoms with Crippen LogP contribution in [0.2, 0.25) is 10.0 Å². The Morgan fingerprint density at radius 1 is 1.16 bits per heavy atom. The van der Waals surface area contributed by atoms with Crippen molar-refractivity contribution in [2.75, 3.05) is 19.6 Å². The Bertz CT molecular complexity index is 466. The van der Waals surface area contributed by atoms with Crippen molar-refractivity contribution in [1.29, 1.82) is 0 Å². The van der Waals surface area contributed by atoms with Gasteiger partial charge < -0.3 is 16.4 Å².